The molecule has 2 aliphatic rings. The van der Waals surface area contributed by atoms with E-state index in [2.05, 4.69) is 10.00 Å². The van der Waals surface area contributed by atoms with Gasteiger partial charge in [-0.25, -0.2) is 0 Å². The highest BCUT2D eigenvalue weighted by molar-refractivity contribution is 5.96. The predicted molar refractivity (Wildman–Crippen MR) is 90.9 cm³/mol. The summed E-state index contributed by atoms with van der Waals surface area (Å²) in [6.07, 6.45) is 5.51. The zero-order chi connectivity index (χ0) is 16.5. The van der Waals surface area contributed by atoms with Crippen molar-refractivity contribution in [3.63, 3.8) is 0 Å². The molecular formula is C18H22N4O2. The molecule has 0 bridgehead atoms. The lowest BCUT2D eigenvalue weighted by Crippen LogP contribution is -2.24. The molecule has 2 saturated heterocycles. The summed E-state index contributed by atoms with van der Waals surface area (Å²) < 4.78 is 7.87. The standard InChI is InChI=1S/C18H22N4O2/c1-20-10-14(9-19-20)11-21-12-15(21)13-24-17-6-3-2-5-16(17)22-8-4-7-18(22)23/h2-3,5-6,9-10,15H,4,7-8,11-13H2,1H3. The zero-order valence-corrected chi connectivity index (χ0v) is 13.9. The van der Waals surface area contributed by atoms with Crippen molar-refractivity contribution in [3.8, 4) is 5.75 Å². The Morgan fingerprint density at radius 1 is 1.33 bits per heavy atom. The van der Waals surface area contributed by atoms with Gasteiger partial charge in [-0.1, -0.05) is 12.1 Å². The van der Waals surface area contributed by atoms with E-state index in [1.807, 2.05) is 53.3 Å². The number of anilines is 1. The van der Waals surface area contributed by atoms with E-state index in [0.717, 1.165) is 37.5 Å². The normalized spacial score (nSPS) is 22.9. The molecule has 0 aliphatic carbocycles. The molecule has 2 aromatic rings. The summed E-state index contributed by atoms with van der Waals surface area (Å²) in [5.41, 5.74) is 2.13. The molecule has 0 saturated carbocycles. The molecule has 24 heavy (non-hydrogen) atoms. The number of hydrogen-bond acceptors (Lipinski definition) is 4. The Labute approximate surface area is 141 Å². The Bertz CT molecular complexity index is 742. The van der Waals surface area contributed by atoms with Crippen molar-refractivity contribution >= 4 is 11.6 Å². The predicted octanol–water partition coefficient (Wildman–Crippen LogP) is 1.81. The molecule has 2 atom stereocenters. The molecular weight excluding hydrogens is 304 g/mol. The van der Waals surface area contributed by atoms with Gasteiger partial charge >= 0.3 is 0 Å². The second-order valence-corrected chi connectivity index (χ2v) is 6.53. The molecule has 6 heteroatoms. The summed E-state index contributed by atoms with van der Waals surface area (Å²) in [5.74, 6) is 0.997. The summed E-state index contributed by atoms with van der Waals surface area (Å²) in [4.78, 5) is 16.2. The van der Waals surface area contributed by atoms with Gasteiger partial charge in [-0.05, 0) is 18.6 Å². The maximum Gasteiger partial charge on any atom is 0.227 e. The number of aryl methyl sites for hydroxylation is 1. The second-order valence-electron chi connectivity index (χ2n) is 6.53. The minimum Gasteiger partial charge on any atom is -0.490 e. The summed E-state index contributed by atoms with van der Waals surface area (Å²) in [6, 6.07) is 8.28. The zero-order valence-electron chi connectivity index (χ0n) is 13.9. The molecule has 2 aliphatic heterocycles. The number of benzene rings is 1. The Balaban J connectivity index is 1.35. The Kier molecular flexibility index (Phi) is 3.98. The number of carbonyl (C=O) groups is 1. The molecule has 0 N–H and O–H groups in total. The van der Waals surface area contributed by atoms with Crippen molar-refractivity contribution in [3.05, 3.63) is 42.2 Å². The van der Waals surface area contributed by atoms with Crippen molar-refractivity contribution in [2.45, 2.75) is 25.4 Å². The van der Waals surface area contributed by atoms with Crippen molar-refractivity contribution in [1.29, 1.82) is 0 Å². The van der Waals surface area contributed by atoms with Crippen LogP contribution >= 0.6 is 0 Å². The number of aromatic nitrogens is 2. The molecule has 0 radical (unpaired) electrons. The number of hydrogen-bond donors (Lipinski definition) is 0. The van der Waals surface area contributed by atoms with E-state index in [1.54, 1.807) is 0 Å². The Morgan fingerprint density at radius 3 is 2.96 bits per heavy atom. The topological polar surface area (TPSA) is 50.4 Å². The van der Waals surface area contributed by atoms with Crippen molar-refractivity contribution in [1.82, 2.24) is 14.7 Å². The molecule has 6 nitrogen and oxygen atoms in total. The van der Waals surface area contributed by atoms with E-state index < -0.39 is 0 Å². The number of nitrogens with zero attached hydrogens (tertiary/aromatic N) is 4. The van der Waals surface area contributed by atoms with E-state index in [4.69, 9.17) is 4.74 Å². The maximum atomic E-state index is 12.0. The van der Waals surface area contributed by atoms with Gasteiger partial charge in [0.05, 0.1) is 17.9 Å². The third-order valence-corrected chi connectivity index (χ3v) is 4.63. The van der Waals surface area contributed by atoms with E-state index in [-0.39, 0.29) is 5.91 Å². The summed E-state index contributed by atoms with van der Waals surface area (Å²) in [5, 5.41) is 4.20. The van der Waals surface area contributed by atoms with Crippen LogP contribution in [-0.2, 0) is 18.4 Å². The van der Waals surface area contributed by atoms with Crippen LogP contribution in [0.4, 0.5) is 5.69 Å². The van der Waals surface area contributed by atoms with E-state index >= 15 is 0 Å². The minimum atomic E-state index is 0.190. The number of rotatable bonds is 6. The van der Waals surface area contributed by atoms with Gasteiger partial charge in [-0.2, -0.15) is 5.10 Å². The summed E-state index contributed by atoms with van der Waals surface area (Å²) in [7, 11) is 1.93. The van der Waals surface area contributed by atoms with Crippen molar-refractivity contribution in [2.75, 3.05) is 24.6 Å². The van der Waals surface area contributed by atoms with Crippen molar-refractivity contribution < 1.29 is 9.53 Å². The lowest BCUT2D eigenvalue weighted by molar-refractivity contribution is -0.117. The molecule has 1 aromatic heterocycles. The number of carbonyl (C=O) groups excluding carboxylic acids is 1. The Morgan fingerprint density at radius 2 is 2.21 bits per heavy atom. The second kappa shape index (κ2) is 6.28. The molecule has 2 unspecified atom stereocenters. The molecule has 2 fully saturated rings. The van der Waals surface area contributed by atoms with Crippen LogP contribution in [0.3, 0.4) is 0 Å². The fourth-order valence-electron chi connectivity index (χ4n) is 3.25. The van der Waals surface area contributed by atoms with Crippen LogP contribution in [-0.4, -0.2) is 46.3 Å². The third-order valence-electron chi connectivity index (χ3n) is 4.63. The Hall–Kier alpha value is -2.34. The first-order valence-corrected chi connectivity index (χ1v) is 8.44. The van der Waals surface area contributed by atoms with Crippen LogP contribution in [0, 0.1) is 0 Å². The third kappa shape index (κ3) is 3.14. The van der Waals surface area contributed by atoms with Crippen molar-refractivity contribution in [2.24, 2.45) is 7.05 Å². The average molecular weight is 326 g/mol. The largest absolute Gasteiger partial charge is 0.490 e. The van der Waals surface area contributed by atoms with Crippen LogP contribution in [0.5, 0.6) is 5.75 Å². The molecule has 3 heterocycles. The highest BCUT2D eigenvalue weighted by Gasteiger charge is 2.35. The van der Waals surface area contributed by atoms with Crippen LogP contribution in [0.2, 0.25) is 0 Å². The van der Waals surface area contributed by atoms with Gasteiger partial charge in [0.1, 0.15) is 12.4 Å². The van der Waals surface area contributed by atoms with Gasteiger partial charge in [0.15, 0.2) is 0 Å². The summed E-state index contributed by atoms with van der Waals surface area (Å²) in [6.45, 7) is 3.39. The summed E-state index contributed by atoms with van der Waals surface area (Å²) >= 11 is 0. The van der Waals surface area contributed by atoms with Crippen LogP contribution in [0.15, 0.2) is 36.7 Å². The van der Waals surface area contributed by atoms with E-state index in [1.165, 1.54) is 5.56 Å². The van der Waals surface area contributed by atoms with Crippen LogP contribution in [0.1, 0.15) is 18.4 Å². The molecule has 1 amide bonds. The molecule has 126 valence electrons. The van der Waals surface area contributed by atoms with Gasteiger partial charge in [0.25, 0.3) is 0 Å². The van der Waals surface area contributed by atoms with Gasteiger partial charge in [-0.15, -0.1) is 0 Å². The minimum absolute atomic E-state index is 0.190. The first-order chi connectivity index (χ1) is 11.7. The average Bonchev–Trinajstić information content (AvgIpc) is 2.94. The monoisotopic (exact) mass is 326 g/mol. The SMILES string of the molecule is Cn1cc(CN2CC2COc2ccccc2N2CCCC2=O)cn1. The van der Waals surface area contributed by atoms with Crippen LogP contribution in [0.25, 0.3) is 0 Å². The van der Waals surface area contributed by atoms with Gasteiger partial charge < -0.3 is 9.64 Å². The maximum absolute atomic E-state index is 12.0. The number of para-hydroxylation sites is 2. The fraction of sp³-hybridized carbons (Fsp3) is 0.444. The fourth-order valence-corrected chi connectivity index (χ4v) is 3.25. The molecule has 1 aromatic carbocycles. The number of ether oxygens (including phenoxy) is 1. The smallest absolute Gasteiger partial charge is 0.227 e. The highest BCUT2D eigenvalue weighted by atomic mass is 16.5. The van der Waals surface area contributed by atoms with E-state index in [0.29, 0.717) is 19.1 Å². The molecule has 4 rings (SSSR count). The lowest BCUT2D eigenvalue weighted by atomic mass is 10.2. The quantitative estimate of drug-likeness (QED) is 0.760. The lowest BCUT2D eigenvalue weighted by Gasteiger charge is -2.19. The van der Waals surface area contributed by atoms with E-state index in [9.17, 15) is 4.79 Å². The van der Waals surface area contributed by atoms with Gasteiger partial charge in [0.2, 0.25) is 5.91 Å². The number of amides is 1. The first-order valence-electron chi connectivity index (χ1n) is 8.44. The first kappa shape index (κ1) is 15.2. The van der Waals surface area contributed by atoms with Crippen LogP contribution < -0.4 is 9.64 Å². The van der Waals surface area contributed by atoms with Gasteiger partial charge in [-0.3, -0.25) is 14.4 Å². The van der Waals surface area contributed by atoms with Gasteiger partial charge in [0, 0.05) is 44.9 Å². The molecule has 0 spiro atoms. The highest BCUT2D eigenvalue weighted by Crippen LogP contribution is 2.32.